The molecule has 5 nitrogen and oxygen atoms in total. The quantitative estimate of drug-likeness (QED) is 0.739. The predicted molar refractivity (Wildman–Crippen MR) is 76.9 cm³/mol. The first-order valence-corrected chi connectivity index (χ1v) is 8.38. The highest BCUT2D eigenvalue weighted by atomic mass is 35.5. The average molecular weight is 321 g/mol. The summed E-state index contributed by atoms with van der Waals surface area (Å²) in [6, 6.07) is 7.34. The van der Waals surface area contributed by atoms with E-state index < -0.39 is 21.1 Å². The van der Waals surface area contributed by atoms with E-state index in [9.17, 15) is 13.2 Å². The summed E-state index contributed by atoms with van der Waals surface area (Å²) in [6.45, 7) is 0.473. The van der Waals surface area contributed by atoms with Crippen LogP contribution >= 0.6 is 11.6 Å². The Morgan fingerprint density at radius 3 is 2.65 bits per heavy atom. The zero-order valence-corrected chi connectivity index (χ0v) is 12.7. The third-order valence-corrected chi connectivity index (χ3v) is 4.45. The van der Waals surface area contributed by atoms with Crippen molar-refractivity contribution in [3.63, 3.8) is 0 Å². The number of carboxylic acids is 1. The SMILES string of the molecule is CS(=O)(=O)C(CCOCCc1cccc(Cl)c1)C(=O)O. The van der Waals surface area contributed by atoms with E-state index in [1.54, 1.807) is 6.07 Å². The summed E-state index contributed by atoms with van der Waals surface area (Å²) in [5, 5.41) is 8.06. The molecule has 0 aliphatic heterocycles. The van der Waals surface area contributed by atoms with Crippen molar-refractivity contribution in [1.82, 2.24) is 0 Å². The van der Waals surface area contributed by atoms with Gasteiger partial charge in [0.2, 0.25) is 0 Å². The first-order chi connectivity index (χ1) is 9.30. The van der Waals surface area contributed by atoms with Crippen LogP contribution < -0.4 is 0 Å². The van der Waals surface area contributed by atoms with E-state index in [0.29, 0.717) is 18.1 Å². The molecule has 0 saturated carbocycles. The van der Waals surface area contributed by atoms with Crippen LogP contribution in [0, 0.1) is 0 Å². The number of rotatable bonds is 8. The monoisotopic (exact) mass is 320 g/mol. The molecule has 1 aromatic rings. The summed E-state index contributed by atoms with van der Waals surface area (Å²) in [7, 11) is -3.61. The molecular weight excluding hydrogens is 304 g/mol. The van der Waals surface area contributed by atoms with E-state index in [0.717, 1.165) is 11.8 Å². The number of carboxylic acid groups (broad SMARTS) is 1. The summed E-state index contributed by atoms with van der Waals surface area (Å²) >= 11 is 5.84. The molecule has 0 aromatic heterocycles. The second-order valence-electron chi connectivity index (χ2n) is 4.44. The van der Waals surface area contributed by atoms with Crippen LogP contribution in [-0.2, 0) is 25.8 Å². The lowest BCUT2D eigenvalue weighted by molar-refractivity contribution is -0.136. The Balaban J connectivity index is 2.33. The average Bonchev–Trinajstić information content (AvgIpc) is 2.31. The van der Waals surface area contributed by atoms with Crippen LogP contribution in [0.4, 0.5) is 0 Å². The van der Waals surface area contributed by atoms with Crippen molar-refractivity contribution in [2.45, 2.75) is 18.1 Å². The second kappa shape index (κ2) is 7.61. The Labute approximate surface area is 123 Å². The third-order valence-electron chi connectivity index (χ3n) is 2.74. The predicted octanol–water partition coefficient (Wildman–Crippen LogP) is 1.79. The molecule has 1 aromatic carbocycles. The molecule has 0 fully saturated rings. The molecule has 1 unspecified atom stereocenters. The maximum atomic E-state index is 11.2. The Morgan fingerprint density at radius 2 is 2.10 bits per heavy atom. The van der Waals surface area contributed by atoms with Crippen LogP contribution in [0.5, 0.6) is 0 Å². The fourth-order valence-electron chi connectivity index (χ4n) is 1.70. The van der Waals surface area contributed by atoms with Crippen LogP contribution in [-0.4, -0.2) is 44.2 Å². The van der Waals surface area contributed by atoms with Gasteiger partial charge >= 0.3 is 5.97 Å². The van der Waals surface area contributed by atoms with E-state index >= 15 is 0 Å². The number of carbonyl (C=O) groups is 1. The van der Waals surface area contributed by atoms with Crippen LogP contribution in [0.1, 0.15) is 12.0 Å². The van der Waals surface area contributed by atoms with Crippen molar-refractivity contribution >= 4 is 27.4 Å². The first kappa shape index (κ1) is 16.9. The van der Waals surface area contributed by atoms with Gasteiger partial charge in [-0.3, -0.25) is 4.79 Å². The van der Waals surface area contributed by atoms with E-state index in [2.05, 4.69) is 0 Å². The number of aliphatic carboxylic acids is 1. The van der Waals surface area contributed by atoms with E-state index in [-0.39, 0.29) is 13.0 Å². The maximum absolute atomic E-state index is 11.2. The molecule has 7 heteroatoms. The van der Waals surface area contributed by atoms with Crippen molar-refractivity contribution in [1.29, 1.82) is 0 Å². The molecule has 112 valence electrons. The molecule has 0 aliphatic carbocycles. The molecule has 0 saturated heterocycles. The van der Waals surface area contributed by atoms with Crippen molar-refractivity contribution < 1.29 is 23.1 Å². The van der Waals surface area contributed by atoms with Crippen LogP contribution in [0.2, 0.25) is 5.02 Å². The number of hydrogen-bond donors (Lipinski definition) is 1. The standard InChI is InChI=1S/C13H17ClO5S/c1-20(17,18)12(13(15)16)6-8-19-7-5-10-3-2-4-11(14)9-10/h2-4,9,12H,5-8H2,1H3,(H,15,16). The van der Waals surface area contributed by atoms with Crippen molar-refractivity contribution in [2.75, 3.05) is 19.5 Å². The lowest BCUT2D eigenvalue weighted by atomic mass is 10.2. The summed E-state index contributed by atoms with van der Waals surface area (Å²) in [6.07, 6.45) is 1.50. The van der Waals surface area contributed by atoms with Gasteiger partial charge in [-0.25, -0.2) is 8.42 Å². The summed E-state index contributed by atoms with van der Waals surface area (Å²) in [5.74, 6) is -1.34. The molecule has 0 bridgehead atoms. The van der Waals surface area contributed by atoms with E-state index in [4.69, 9.17) is 21.4 Å². The van der Waals surface area contributed by atoms with Crippen LogP contribution in [0.15, 0.2) is 24.3 Å². The number of halogens is 1. The molecule has 1 N–H and O–H groups in total. The van der Waals surface area contributed by atoms with Crippen LogP contribution in [0.3, 0.4) is 0 Å². The number of sulfone groups is 1. The van der Waals surface area contributed by atoms with Gasteiger partial charge in [-0.2, -0.15) is 0 Å². The zero-order chi connectivity index (χ0) is 15.2. The lowest BCUT2D eigenvalue weighted by Crippen LogP contribution is -2.30. The Kier molecular flexibility index (Phi) is 6.45. The summed E-state index contributed by atoms with van der Waals surface area (Å²) in [4.78, 5) is 10.8. The molecule has 0 aliphatic rings. The van der Waals surface area contributed by atoms with Gasteiger partial charge in [-0.15, -0.1) is 0 Å². The van der Waals surface area contributed by atoms with Gasteiger partial charge in [0.15, 0.2) is 15.1 Å². The summed E-state index contributed by atoms with van der Waals surface area (Å²) in [5.41, 5.74) is 1.01. The minimum Gasteiger partial charge on any atom is -0.480 e. The van der Waals surface area contributed by atoms with Crippen molar-refractivity contribution in [2.24, 2.45) is 0 Å². The Bertz CT molecular complexity index is 556. The van der Waals surface area contributed by atoms with Gasteiger partial charge in [0.05, 0.1) is 6.61 Å². The molecule has 1 rings (SSSR count). The zero-order valence-electron chi connectivity index (χ0n) is 11.1. The Hall–Kier alpha value is -1.11. The topological polar surface area (TPSA) is 80.7 Å². The second-order valence-corrected chi connectivity index (χ2v) is 7.10. The van der Waals surface area contributed by atoms with Gasteiger partial charge in [0.1, 0.15) is 0 Å². The normalized spacial score (nSPS) is 13.1. The van der Waals surface area contributed by atoms with Crippen molar-refractivity contribution in [3.8, 4) is 0 Å². The first-order valence-electron chi connectivity index (χ1n) is 6.04. The van der Waals surface area contributed by atoms with Gasteiger partial charge in [-0.05, 0) is 30.5 Å². The summed E-state index contributed by atoms with van der Waals surface area (Å²) < 4.78 is 27.8. The highest BCUT2D eigenvalue weighted by Crippen LogP contribution is 2.11. The third kappa shape index (κ3) is 5.90. The fraction of sp³-hybridized carbons (Fsp3) is 0.462. The maximum Gasteiger partial charge on any atom is 0.321 e. The number of ether oxygens (including phenoxy) is 1. The number of hydrogen-bond acceptors (Lipinski definition) is 4. The van der Waals surface area contributed by atoms with Crippen LogP contribution in [0.25, 0.3) is 0 Å². The largest absolute Gasteiger partial charge is 0.480 e. The highest BCUT2D eigenvalue weighted by Gasteiger charge is 2.27. The Morgan fingerprint density at radius 1 is 1.40 bits per heavy atom. The number of benzene rings is 1. The highest BCUT2D eigenvalue weighted by molar-refractivity contribution is 7.92. The minimum atomic E-state index is -3.61. The minimum absolute atomic E-state index is 0.0519. The van der Waals surface area contributed by atoms with Gasteiger partial charge in [-0.1, -0.05) is 23.7 Å². The molecule has 0 spiro atoms. The molecule has 0 heterocycles. The fourth-order valence-corrected chi connectivity index (χ4v) is 2.80. The lowest BCUT2D eigenvalue weighted by Gasteiger charge is -2.10. The van der Waals surface area contributed by atoms with E-state index in [1.807, 2.05) is 18.2 Å². The van der Waals surface area contributed by atoms with Gasteiger partial charge < -0.3 is 9.84 Å². The molecule has 0 amide bonds. The van der Waals surface area contributed by atoms with Gasteiger partial charge in [0.25, 0.3) is 0 Å². The molecular formula is C13H17ClO5S. The van der Waals surface area contributed by atoms with E-state index in [1.165, 1.54) is 0 Å². The smallest absolute Gasteiger partial charge is 0.321 e. The van der Waals surface area contributed by atoms with Crippen molar-refractivity contribution in [3.05, 3.63) is 34.9 Å². The molecule has 1 atom stereocenters. The molecule has 0 radical (unpaired) electrons. The van der Waals surface area contributed by atoms with Gasteiger partial charge in [0, 0.05) is 17.9 Å². The molecule has 20 heavy (non-hydrogen) atoms.